The highest BCUT2D eigenvalue weighted by molar-refractivity contribution is 7.22. The Morgan fingerprint density at radius 3 is 2.83 bits per heavy atom. The fraction of sp³-hybridized carbons (Fsp3) is 0.385. The van der Waals surface area contributed by atoms with E-state index in [-0.39, 0.29) is 30.1 Å². The summed E-state index contributed by atoms with van der Waals surface area (Å²) in [6.45, 7) is 1.05. The maximum atomic E-state index is 13.0. The minimum atomic E-state index is -3.66. The minimum absolute atomic E-state index is 0.0567. The van der Waals surface area contributed by atoms with Gasteiger partial charge in [-0.3, -0.25) is 5.32 Å². The van der Waals surface area contributed by atoms with Crippen LogP contribution in [0.2, 0.25) is 0 Å². The highest BCUT2D eigenvalue weighted by Crippen LogP contribution is 2.44. The molecule has 1 saturated heterocycles. The molecule has 0 saturated carbocycles. The van der Waals surface area contributed by atoms with E-state index in [4.69, 9.17) is 5.11 Å². The van der Waals surface area contributed by atoms with Crippen molar-refractivity contribution in [2.45, 2.75) is 6.29 Å². The molecule has 1 aromatic heterocycles. The van der Waals surface area contributed by atoms with Crippen molar-refractivity contribution in [2.24, 2.45) is 5.92 Å². The largest absolute Gasteiger partial charge is 0.586 e. The van der Waals surface area contributed by atoms with E-state index in [1.165, 1.54) is 12.1 Å². The SMILES string of the molecule is O=C(Nc1nc2cc3c(cc2s1)OC(F)(F)O3)N1CC(CO)C1. The van der Waals surface area contributed by atoms with Crippen molar-refractivity contribution < 1.29 is 28.2 Å². The third-order valence-corrected chi connectivity index (χ3v) is 4.56. The molecule has 0 bridgehead atoms. The number of likely N-dealkylation sites (tertiary alicyclic amines) is 1. The molecule has 23 heavy (non-hydrogen) atoms. The number of amides is 2. The lowest BCUT2D eigenvalue weighted by Gasteiger charge is -2.37. The summed E-state index contributed by atoms with van der Waals surface area (Å²) in [6, 6.07) is 2.45. The number of urea groups is 1. The normalized spacial score (nSPS) is 19.0. The first kappa shape index (κ1) is 14.4. The number of aliphatic hydroxyl groups excluding tert-OH is 1. The van der Waals surface area contributed by atoms with Crippen molar-refractivity contribution in [2.75, 3.05) is 25.0 Å². The number of thiazole rings is 1. The molecule has 0 aliphatic carbocycles. The second-order valence-corrected chi connectivity index (χ2v) is 6.37. The van der Waals surface area contributed by atoms with E-state index in [0.717, 1.165) is 11.3 Å². The monoisotopic (exact) mass is 343 g/mol. The van der Waals surface area contributed by atoms with E-state index < -0.39 is 6.29 Å². The molecule has 2 aromatic rings. The smallest absolute Gasteiger partial charge is 0.396 e. The predicted molar refractivity (Wildman–Crippen MR) is 77.0 cm³/mol. The molecule has 0 atom stereocenters. The maximum Gasteiger partial charge on any atom is 0.586 e. The summed E-state index contributed by atoms with van der Waals surface area (Å²) in [4.78, 5) is 17.7. The Morgan fingerprint density at radius 2 is 2.13 bits per heavy atom. The van der Waals surface area contributed by atoms with E-state index in [2.05, 4.69) is 19.8 Å². The number of halogens is 2. The van der Waals surface area contributed by atoms with Gasteiger partial charge < -0.3 is 19.5 Å². The van der Waals surface area contributed by atoms with Crippen LogP contribution in [0.5, 0.6) is 11.5 Å². The third kappa shape index (κ3) is 2.53. The number of nitrogens with zero attached hydrogens (tertiary/aromatic N) is 2. The lowest BCUT2D eigenvalue weighted by atomic mass is 10.0. The maximum absolute atomic E-state index is 13.0. The summed E-state index contributed by atoms with van der Waals surface area (Å²) >= 11 is 1.15. The van der Waals surface area contributed by atoms with Gasteiger partial charge in [0.05, 0.1) is 10.2 Å². The number of benzene rings is 1. The average Bonchev–Trinajstić information content (AvgIpc) is 2.91. The van der Waals surface area contributed by atoms with Crippen molar-refractivity contribution in [1.29, 1.82) is 0 Å². The van der Waals surface area contributed by atoms with Crippen molar-refractivity contribution in [3.05, 3.63) is 12.1 Å². The molecule has 2 amide bonds. The molecular formula is C13H11F2N3O4S. The number of nitrogens with one attached hydrogen (secondary N) is 1. The van der Waals surface area contributed by atoms with Crippen LogP contribution < -0.4 is 14.8 Å². The second-order valence-electron chi connectivity index (χ2n) is 5.34. The van der Waals surface area contributed by atoms with Gasteiger partial charge in [0.15, 0.2) is 16.6 Å². The highest BCUT2D eigenvalue weighted by Gasteiger charge is 2.43. The van der Waals surface area contributed by atoms with Crippen LogP contribution in [-0.2, 0) is 0 Å². The first-order chi connectivity index (χ1) is 10.9. The van der Waals surface area contributed by atoms with Crippen LogP contribution in [0.15, 0.2) is 12.1 Å². The Hall–Kier alpha value is -2.20. The van der Waals surface area contributed by atoms with Gasteiger partial charge >= 0.3 is 12.3 Å². The number of anilines is 1. The molecular weight excluding hydrogens is 332 g/mol. The lowest BCUT2D eigenvalue weighted by molar-refractivity contribution is -0.286. The fourth-order valence-corrected chi connectivity index (χ4v) is 3.31. The zero-order chi connectivity index (χ0) is 16.2. The lowest BCUT2D eigenvalue weighted by Crippen LogP contribution is -2.52. The molecule has 0 spiro atoms. The standard InChI is InChI=1S/C13H11F2N3O4S/c14-13(15)21-8-1-7-10(2-9(8)22-13)23-11(16-7)17-12(20)18-3-6(4-18)5-19/h1-2,6,19H,3-5H2,(H,16,17,20). The zero-order valence-corrected chi connectivity index (χ0v) is 12.4. The van der Waals surface area contributed by atoms with Crippen LogP contribution in [-0.4, -0.2) is 47.0 Å². The first-order valence-corrected chi connectivity index (χ1v) is 7.62. The first-order valence-electron chi connectivity index (χ1n) is 6.81. The third-order valence-electron chi connectivity index (χ3n) is 3.63. The number of hydrogen-bond acceptors (Lipinski definition) is 6. The van der Waals surface area contributed by atoms with Crippen LogP contribution in [0.4, 0.5) is 18.7 Å². The Labute approximate surface area is 132 Å². The van der Waals surface area contributed by atoms with Crippen molar-refractivity contribution in [3.8, 4) is 11.5 Å². The summed E-state index contributed by atoms with van der Waals surface area (Å²) in [6.07, 6.45) is -3.66. The van der Waals surface area contributed by atoms with Crippen LogP contribution in [0, 0.1) is 5.92 Å². The summed E-state index contributed by atoms with van der Waals surface area (Å²) in [5, 5.41) is 11.9. The summed E-state index contributed by atoms with van der Waals surface area (Å²) in [5.41, 5.74) is 0.433. The van der Waals surface area contributed by atoms with Gasteiger partial charge in [-0.15, -0.1) is 8.78 Å². The highest BCUT2D eigenvalue weighted by atomic mass is 32.1. The number of fused-ring (bicyclic) bond motifs is 2. The van der Waals surface area contributed by atoms with Gasteiger partial charge in [0.1, 0.15) is 0 Å². The molecule has 1 fully saturated rings. The molecule has 2 aliphatic heterocycles. The van der Waals surface area contributed by atoms with E-state index in [9.17, 15) is 13.6 Å². The molecule has 10 heteroatoms. The number of aliphatic hydroxyl groups is 1. The Morgan fingerprint density at radius 1 is 1.43 bits per heavy atom. The molecule has 3 heterocycles. The van der Waals surface area contributed by atoms with Gasteiger partial charge in [0.25, 0.3) is 0 Å². The minimum Gasteiger partial charge on any atom is -0.396 e. The van der Waals surface area contributed by atoms with Crippen LogP contribution >= 0.6 is 11.3 Å². The summed E-state index contributed by atoms with van der Waals surface area (Å²) < 4.78 is 35.3. The summed E-state index contributed by atoms with van der Waals surface area (Å²) in [7, 11) is 0. The average molecular weight is 343 g/mol. The molecule has 1 aromatic carbocycles. The molecule has 7 nitrogen and oxygen atoms in total. The molecule has 2 N–H and O–H groups in total. The molecule has 4 rings (SSSR count). The number of hydrogen-bond donors (Lipinski definition) is 2. The number of aromatic nitrogens is 1. The number of alkyl halides is 2. The van der Waals surface area contributed by atoms with Gasteiger partial charge in [0, 0.05) is 37.7 Å². The van der Waals surface area contributed by atoms with Gasteiger partial charge in [-0.1, -0.05) is 11.3 Å². The van der Waals surface area contributed by atoms with Crippen molar-refractivity contribution >= 4 is 32.7 Å². The molecule has 122 valence electrons. The number of carbonyl (C=O) groups is 1. The van der Waals surface area contributed by atoms with Gasteiger partial charge in [0.2, 0.25) is 0 Å². The quantitative estimate of drug-likeness (QED) is 0.872. The fourth-order valence-electron chi connectivity index (χ4n) is 2.45. The van der Waals surface area contributed by atoms with E-state index in [0.29, 0.717) is 28.4 Å². The van der Waals surface area contributed by atoms with Crippen LogP contribution in [0.1, 0.15) is 0 Å². The Bertz CT molecular complexity index is 746. The van der Waals surface area contributed by atoms with Crippen LogP contribution in [0.25, 0.3) is 10.2 Å². The van der Waals surface area contributed by atoms with Gasteiger partial charge in [-0.2, -0.15) is 0 Å². The van der Waals surface area contributed by atoms with E-state index >= 15 is 0 Å². The molecule has 2 aliphatic rings. The number of ether oxygens (including phenoxy) is 2. The van der Waals surface area contributed by atoms with Crippen molar-refractivity contribution in [1.82, 2.24) is 9.88 Å². The number of carbonyl (C=O) groups excluding carboxylic acids is 1. The zero-order valence-electron chi connectivity index (χ0n) is 11.6. The van der Waals surface area contributed by atoms with E-state index in [1.807, 2.05) is 0 Å². The Balaban J connectivity index is 1.51. The number of rotatable bonds is 2. The van der Waals surface area contributed by atoms with Crippen LogP contribution in [0.3, 0.4) is 0 Å². The summed E-state index contributed by atoms with van der Waals surface area (Å²) in [5.74, 6) is -0.0215. The molecule has 0 unspecified atom stereocenters. The van der Waals surface area contributed by atoms with E-state index in [1.54, 1.807) is 4.90 Å². The topological polar surface area (TPSA) is 83.9 Å². The van der Waals surface area contributed by atoms with Gasteiger partial charge in [-0.25, -0.2) is 9.78 Å². The van der Waals surface area contributed by atoms with Gasteiger partial charge in [-0.05, 0) is 0 Å². The second kappa shape index (κ2) is 4.90. The molecule has 0 radical (unpaired) electrons. The predicted octanol–water partition coefficient (Wildman–Crippen LogP) is 2.07. The van der Waals surface area contributed by atoms with Crippen molar-refractivity contribution in [3.63, 3.8) is 0 Å². The Kier molecular flexibility index (Phi) is 3.07.